The van der Waals surface area contributed by atoms with Crippen molar-refractivity contribution in [3.8, 4) is 11.8 Å². The van der Waals surface area contributed by atoms with E-state index in [0.29, 0.717) is 6.61 Å². The molecule has 3 rings (SSSR count). The number of aliphatic hydroxyl groups is 1. The molecule has 1 aliphatic rings. The van der Waals surface area contributed by atoms with Crippen molar-refractivity contribution in [3.63, 3.8) is 0 Å². The Balaban J connectivity index is 1.59. The lowest BCUT2D eigenvalue weighted by molar-refractivity contribution is 0.0322. The molecule has 2 atom stereocenters. The number of aliphatic hydroxyl groups excluding tert-OH is 1. The Labute approximate surface area is 194 Å². The predicted octanol–water partition coefficient (Wildman–Crippen LogP) is 3.29. The minimum Gasteiger partial charge on any atom is -0.492 e. The zero-order valence-corrected chi connectivity index (χ0v) is 18.9. The maximum absolute atomic E-state index is 13.3. The molecule has 176 valence electrons. The summed E-state index contributed by atoms with van der Waals surface area (Å²) in [6, 6.07) is 13.9. The van der Waals surface area contributed by atoms with Crippen LogP contribution < -0.4 is 10.1 Å². The van der Waals surface area contributed by atoms with Gasteiger partial charge in [0.05, 0.1) is 30.6 Å². The molecule has 0 saturated carbocycles. The van der Waals surface area contributed by atoms with Crippen LogP contribution in [0.4, 0.5) is 4.39 Å². The lowest BCUT2D eigenvalue weighted by Crippen LogP contribution is -2.38. The molecular formula is C25H31FN4O3. The Morgan fingerprint density at radius 1 is 1.30 bits per heavy atom. The first-order valence-corrected chi connectivity index (χ1v) is 11.3. The van der Waals surface area contributed by atoms with Gasteiger partial charge in [-0.15, -0.1) is 0 Å². The van der Waals surface area contributed by atoms with Crippen LogP contribution in [0.3, 0.4) is 0 Å². The molecule has 1 saturated heterocycles. The molecule has 0 radical (unpaired) electrons. The SMILES string of the molecule is CCCC(NC(O)/C(C#N)=C/c1cccc(F)n1)c1ccc(OCCN2CCOCC2)cc1. The number of ether oxygens (including phenoxy) is 2. The van der Waals surface area contributed by atoms with E-state index >= 15 is 0 Å². The van der Waals surface area contributed by atoms with Crippen molar-refractivity contribution in [1.29, 1.82) is 5.26 Å². The molecule has 2 aromatic rings. The minimum atomic E-state index is -1.21. The van der Waals surface area contributed by atoms with Crippen molar-refractivity contribution in [2.24, 2.45) is 0 Å². The number of nitrogens with zero attached hydrogens (tertiary/aromatic N) is 3. The van der Waals surface area contributed by atoms with Crippen LogP contribution in [0.1, 0.15) is 37.1 Å². The molecule has 1 fully saturated rings. The minimum absolute atomic E-state index is 0.0669. The topological polar surface area (TPSA) is 90.6 Å². The average Bonchev–Trinajstić information content (AvgIpc) is 2.83. The van der Waals surface area contributed by atoms with Gasteiger partial charge in [0, 0.05) is 25.7 Å². The molecular weight excluding hydrogens is 423 g/mol. The summed E-state index contributed by atoms with van der Waals surface area (Å²) in [6.07, 6.45) is 1.83. The summed E-state index contributed by atoms with van der Waals surface area (Å²) in [5.41, 5.74) is 1.33. The highest BCUT2D eigenvalue weighted by molar-refractivity contribution is 5.55. The van der Waals surface area contributed by atoms with Crippen LogP contribution in [-0.4, -0.2) is 60.7 Å². The number of pyridine rings is 1. The third kappa shape index (κ3) is 7.91. The highest BCUT2D eigenvalue weighted by Gasteiger charge is 2.18. The third-order valence-electron chi connectivity index (χ3n) is 5.46. The zero-order valence-electron chi connectivity index (χ0n) is 18.9. The van der Waals surface area contributed by atoms with E-state index in [2.05, 4.69) is 22.1 Å². The smallest absolute Gasteiger partial charge is 0.213 e. The highest BCUT2D eigenvalue weighted by atomic mass is 19.1. The molecule has 1 aromatic carbocycles. The fourth-order valence-electron chi connectivity index (χ4n) is 3.67. The van der Waals surface area contributed by atoms with E-state index in [9.17, 15) is 14.8 Å². The predicted molar refractivity (Wildman–Crippen MR) is 124 cm³/mol. The largest absolute Gasteiger partial charge is 0.492 e. The molecule has 7 nitrogen and oxygen atoms in total. The monoisotopic (exact) mass is 454 g/mol. The third-order valence-corrected chi connectivity index (χ3v) is 5.46. The number of rotatable bonds is 11. The summed E-state index contributed by atoms with van der Waals surface area (Å²) in [6.45, 7) is 6.94. The molecule has 2 unspecified atom stereocenters. The van der Waals surface area contributed by atoms with Crippen molar-refractivity contribution < 1.29 is 19.0 Å². The van der Waals surface area contributed by atoms with E-state index < -0.39 is 12.2 Å². The van der Waals surface area contributed by atoms with Crippen molar-refractivity contribution >= 4 is 6.08 Å². The molecule has 0 bridgehead atoms. The van der Waals surface area contributed by atoms with Crippen LogP contribution in [0, 0.1) is 17.3 Å². The lowest BCUT2D eigenvalue weighted by Gasteiger charge is -2.26. The number of nitriles is 1. The molecule has 1 aliphatic heterocycles. The van der Waals surface area contributed by atoms with Crippen molar-refractivity contribution in [2.45, 2.75) is 32.0 Å². The lowest BCUT2D eigenvalue weighted by atomic mass is 10.0. The van der Waals surface area contributed by atoms with Gasteiger partial charge in [0.15, 0.2) is 0 Å². The first kappa shape index (κ1) is 24.8. The number of nitrogens with one attached hydrogen (secondary N) is 1. The van der Waals surface area contributed by atoms with Gasteiger partial charge < -0.3 is 14.6 Å². The van der Waals surface area contributed by atoms with Gasteiger partial charge in [0.25, 0.3) is 0 Å². The second-order valence-corrected chi connectivity index (χ2v) is 7.88. The second-order valence-electron chi connectivity index (χ2n) is 7.88. The number of aromatic nitrogens is 1. The van der Waals surface area contributed by atoms with Crippen LogP contribution in [0.25, 0.3) is 6.08 Å². The van der Waals surface area contributed by atoms with E-state index in [1.54, 1.807) is 6.07 Å². The Morgan fingerprint density at radius 2 is 2.06 bits per heavy atom. The van der Waals surface area contributed by atoms with Gasteiger partial charge in [-0.05, 0) is 42.3 Å². The quantitative estimate of drug-likeness (QED) is 0.306. The molecule has 33 heavy (non-hydrogen) atoms. The van der Waals surface area contributed by atoms with E-state index in [4.69, 9.17) is 9.47 Å². The molecule has 0 amide bonds. The van der Waals surface area contributed by atoms with E-state index in [1.165, 1.54) is 18.2 Å². The number of hydrogen-bond donors (Lipinski definition) is 2. The first-order valence-electron chi connectivity index (χ1n) is 11.3. The van der Waals surface area contributed by atoms with Crippen LogP contribution in [0.5, 0.6) is 5.75 Å². The Kier molecular flexibility index (Phi) is 9.78. The highest BCUT2D eigenvalue weighted by Crippen LogP contribution is 2.23. The van der Waals surface area contributed by atoms with E-state index in [-0.39, 0.29) is 17.3 Å². The van der Waals surface area contributed by atoms with Crippen LogP contribution in [0.15, 0.2) is 48.0 Å². The summed E-state index contributed by atoms with van der Waals surface area (Å²) in [7, 11) is 0. The second kappa shape index (κ2) is 13.0. The normalized spacial score (nSPS) is 16.7. The molecule has 0 aliphatic carbocycles. The molecule has 1 aromatic heterocycles. The van der Waals surface area contributed by atoms with Crippen LogP contribution >= 0.6 is 0 Å². The summed E-state index contributed by atoms with van der Waals surface area (Å²) in [5.74, 6) is 0.150. The van der Waals surface area contributed by atoms with Gasteiger partial charge in [-0.1, -0.05) is 31.5 Å². The van der Waals surface area contributed by atoms with Gasteiger partial charge in [-0.2, -0.15) is 9.65 Å². The molecule has 2 N–H and O–H groups in total. The van der Waals surface area contributed by atoms with E-state index in [0.717, 1.165) is 57.0 Å². The van der Waals surface area contributed by atoms with Crippen LogP contribution in [-0.2, 0) is 4.74 Å². The standard InChI is InChI=1S/C25H31FN4O3/c1-2-4-23(29-25(31)20(18-27)17-21-5-3-6-24(26)28-21)19-7-9-22(10-8-19)33-16-13-30-11-14-32-15-12-30/h3,5-10,17,23,25,29,31H,2,4,11-16H2,1H3/b20-17+. The van der Waals surface area contributed by atoms with Gasteiger partial charge in [0.1, 0.15) is 18.6 Å². The zero-order chi connectivity index (χ0) is 23.5. The summed E-state index contributed by atoms with van der Waals surface area (Å²) < 4.78 is 24.6. The number of halogens is 1. The summed E-state index contributed by atoms with van der Waals surface area (Å²) >= 11 is 0. The number of benzene rings is 1. The van der Waals surface area contributed by atoms with Crippen molar-refractivity contribution in [2.75, 3.05) is 39.5 Å². The van der Waals surface area contributed by atoms with Gasteiger partial charge in [0.2, 0.25) is 5.95 Å². The fourth-order valence-corrected chi connectivity index (χ4v) is 3.67. The Bertz CT molecular complexity index is 939. The number of hydrogen-bond acceptors (Lipinski definition) is 7. The molecule has 2 heterocycles. The van der Waals surface area contributed by atoms with Gasteiger partial charge >= 0.3 is 0 Å². The maximum atomic E-state index is 13.3. The number of morpholine rings is 1. The van der Waals surface area contributed by atoms with Gasteiger partial charge in [-0.25, -0.2) is 4.98 Å². The Morgan fingerprint density at radius 3 is 2.73 bits per heavy atom. The molecule has 0 spiro atoms. The Hall–Kier alpha value is -2.83. The van der Waals surface area contributed by atoms with E-state index in [1.807, 2.05) is 30.3 Å². The fraction of sp³-hybridized carbons (Fsp3) is 0.440. The van der Waals surface area contributed by atoms with Gasteiger partial charge in [-0.3, -0.25) is 10.2 Å². The average molecular weight is 455 g/mol. The molecule has 8 heteroatoms. The summed E-state index contributed by atoms with van der Waals surface area (Å²) in [5, 5.41) is 23.2. The van der Waals surface area contributed by atoms with Crippen molar-refractivity contribution in [1.82, 2.24) is 15.2 Å². The first-order chi connectivity index (χ1) is 16.1. The van der Waals surface area contributed by atoms with Crippen LogP contribution in [0.2, 0.25) is 0 Å². The van der Waals surface area contributed by atoms with Crippen molar-refractivity contribution in [3.05, 3.63) is 65.2 Å². The maximum Gasteiger partial charge on any atom is 0.213 e. The summed E-state index contributed by atoms with van der Waals surface area (Å²) in [4.78, 5) is 6.04.